The van der Waals surface area contributed by atoms with Gasteiger partial charge in [0.15, 0.2) is 5.65 Å². The Hall–Kier alpha value is -3.21. The maximum absolute atomic E-state index is 13.2. The van der Waals surface area contributed by atoms with Crippen LogP contribution in [0.25, 0.3) is 22.6 Å². The Morgan fingerprint density at radius 3 is 2.65 bits per heavy atom. The van der Waals surface area contributed by atoms with Gasteiger partial charge in [0.05, 0.1) is 5.52 Å². The molecular weight excluding hydrogens is 483 g/mol. The van der Waals surface area contributed by atoms with Crippen molar-refractivity contribution in [2.45, 2.75) is 25.0 Å². The third-order valence-corrected chi connectivity index (χ3v) is 6.30. The lowest BCUT2D eigenvalue weighted by Crippen LogP contribution is -2.43. The van der Waals surface area contributed by atoms with Crippen LogP contribution in [0.15, 0.2) is 45.7 Å². The highest BCUT2D eigenvalue weighted by Gasteiger charge is 2.34. The number of benzene rings is 1. The summed E-state index contributed by atoms with van der Waals surface area (Å²) in [5, 5.41) is 8.88. The fraction of sp³-hybridized carbons (Fsp3) is 0.318. The van der Waals surface area contributed by atoms with Gasteiger partial charge in [0, 0.05) is 48.0 Å². The number of hydrogen-bond acceptors (Lipinski definition) is 7. The molecule has 0 bridgehead atoms. The summed E-state index contributed by atoms with van der Waals surface area (Å²) in [6.45, 7) is 0.904. The van der Waals surface area contributed by atoms with Gasteiger partial charge >= 0.3 is 5.69 Å². The van der Waals surface area contributed by atoms with Crippen LogP contribution in [-0.4, -0.2) is 55.7 Å². The van der Waals surface area contributed by atoms with Crippen LogP contribution in [0, 0.1) is 0 Å². The zero-order valence-corrected chi connectivity index (χ0v) is 19.6. The molecule has 1 aromatic carbocycles. The minimum Gasteiger partial charge on any atom is -0.417 e. The van der Waals surface area contributed by atoms with Crippen LogP contribution >= 0.6 is 23.2 Å². The van der Waals surface area contributed by atoms with Gasteiger partial charge in [0.25, 0.3) is 11.8 Å². The maximum Gasteiger partial charge on any atom is 0.327 e. The lowest BCUT2D eigenvalue weighted by atomic mass is 10.0. The summed E-state index contributed by atoms with van der Waals surface area (Å²) in [5.41, 5.74) is 1.65. The number of carbonyl (C=O) groups is 1. The number of ether oxygens (including phenoxy) is 1. The van der Waals surface area contributed by atoms with Crippen LogP contribution in [0.1, 0.15) is 30.9 Å². The summed E-state index contributed by atoms with van der Waals surface area (Å²) < 4.78 is 12.9. The highest BCUT2D eigenvalue weighted by atomic mass is 35.5. The monoisotopic (exact) mass is 502 g/mol. The number of H-pyrrole nitrogens is 1. The second-order valence-electron chi connectivity index (χ2n) is 7.95. The Kier molecular flexibility index (Phi) is 6.11. The van der Waals surface area contributed by atoms with Gasteiger partial charge in [-0.15, -0.1) is 10.2 Å². The number of likely N-dealkylation sites (tertiary alicyclic amines) is 1. The molecule has 176 valence electrons. The van der Waals surface area contributed by atoms with Gasteiger partial charge in [-0.25, -0.2) is 9.78 Å². The minimum atomic E-state index is -1.05. The minimum absolute atomic E-state index is 0.0413. The van der Waals surface area contributed by atoms with E-state index >= 15 is 0 Å². The molecule has 4 heterocycles. The van der Waals surface area contributed by atoms with E-state index in [2.05, 4.69) is 20.2 Å². The Morgan fingerprint density at radius 2 is 1.94 bits per heavy atom. The summed E-state index contributed by atoms with van der Waals surface area (Å²) in [4.78, 5) is 34.4. The summed E-state index contributed by atoms with van der Waals surface area (Å²) in [6.07, 6.45) is 1.81. The topological polar surface area (TPSA) is 119 Å². The molecule has 1 fully saturated rings. The predicted octanol–water partition coefficient (Wildman–Crippen LogP) is 3.63. The number of imidazole rings is 1. The molecular formula is C22H20Cl2N6O4. The van der Waals surface area contributed by atoms with Gasteiger partial charge in [0.1, 0.15) is 0 Å². The molecule has 12 heteroatoms. The summed E-state index contributed by atoms with van der Waals surface area (Å²) in [5.74, 6) is -0.0619. The Balaban J connectivity index is 1.30. The Morgan fingerprint density at radius 1 is 1.21 bits per heavy atom. The van der Waals surface area contributed by atoms with Crippen molar-refractivity contribution in [3.8, 4) is 11.5 Å². The van der Waals surface area contributed by atoms with Gasteiger partial charge in [-0.1, -0.05) is 23.2 Å². The first-order valence-electron chi connectivity index (χ1n) is 10.6. The van der Waals surface area contributed by atoms with Gasteiger partial charge in [-0.3, -0.25) is 14.3 Å². The molecule has 1 saturated heterocycles. The molecule has 3 aromatic heterocycles. The molecule has 1 unspecified atom stereocenters. The van der Waals surface area contributed by atoms with Crippen LogP contribution in [0.4, 0.5) is 0 Å². The van der Waals surface area contributed by atoms with Gasteiger partial charge in [-0.2, -0.15) is 0 Å². The average Bonchev–Trinajstić information content (AvgIpc) is 3.43. The molecule has 0 radical (unpaired) electrons. The van der Waals surface area contributed by atoms with Crippen molar-refractivity contribution in [3.63, 3.8) is 0 Å². The molecule has 1 aliphatic heterocycles. The molecule has 34 heavy (non-hydrogen) atoms. The predicted molar refractivity (Wildman–Crippen MR) is 125 cm³/mol. The van der Waals surface area contributed by atoms with E-state index in [0.29, 0.717) is 47.2 Å². The zero-order valence-electron chi connectivity index (χ0n) is 18.1. The fourth-order valence-corrected chi connectivity index (χ4v) is 4.80. The van der Waals surface area contributed by atoms with Crippen LogP contribution < -0.4 is 5.69 Å². The van der Waals surface area contributed by atoms with Crippen molar-refractivity contribution in [3.05, 3.63) is 62.9 Å². The molecule has 0 spiro atoms. The van der Waals surface area contributed by atoms with Crippen molar-refractivity contribution in [1.82, 2.24) is 29.6 Å². The molecule has 0 saturated carbocycles. The molecule has 10 nitrogen and oxygen atoms in total. The van der Waals surface area contributed by atoms with Crippen molar-refractivity contribution < 1.29 is 13.9 Å². The van der Waals surface area contributed by atoms with E-state index in [-0.39, 0.29) is 29.4 Å². The number of halogens is 2. The van der Waals surface area contributed by atoms with Gasteiger partial charge < -0.3 is 14.1 Å². The lowest BCUT2D eigenvalue weighted by molar-refractivity contribution is -0.145. The van der Waals surface area contributed by atoms with Crippen LogP contribution in [0.3, 0.4) is 0 Å². The van der Waals surface area contributed by atoms with Crippen molar-refractivity contribution >= 4 is 40.3 Å². The zero-order chi connectivity index (χ0) is 23.8. The molecule has 1 aliphatic rings. The highest BCUT2D eigenvalue weighted by molar-refractivity contribution is 6.35. The van der Waals surface area contributed by atoms with E-state index in [1.807, 2.05) is 6.07 Å². The third kappa shape index (κ3) is 4.20. The Labute approximate surface area is 203 Å². The van der Waals surface area contributed by atoms with Crippen molar-refractivity contribution in [1.29, 1.82) is 0 Å². The normalized spacial score (nSPS) is 15.7. The molecule has 1 atom stereocenters. The molecule has 1 amide bonds. The van der Waals surface area contributed by atoms with Crippen molar-refractivity contribution in [2.75, 3.05) is 20.2 Å². The van der Waals surface area contributed by atoms with E-state index in [1.165, 1.54) is 7.11 Å². The van der Waals surface area contributed by atoms with E-state index in [4.69, 9.17) is 32.4 Å². The number of nitrogens with one attached hydrogen (secondary N) is 1. The number of hydrogen-bond donors (Lipinski definition) is 1. The second-order valence-corrected chi connectivity index (χ2v) is 8.82. The lowest BCUT2D eigenvalue weighted by Gasteiger charge is -2.33. The third-order valence-electron chi connectivity index (χ3n) is 5.87. The Bertz CT molecular complexity index is 1390. The van der Waals surface area contributed by atoms with Crippen LogP contribution in [-0.2, 0) is 9.53 Å². The van der Waals surface area contributed by atoms with E-state index < -0.39 is 6.10 Å². The largest absolute Gasteiger partial charge is 0.417 e. The van der Waals surface area contributed by atoms with Crippen LogP contribution in [0.2, 0.25) is 10.0 Å². The molecule has 0 aliphatic carbocycles. The molecule has 4 aromatic rings. The molecule has 5 rings (SSSR count). The average molecular weight is 503 g/mol. The number of methoxy groups -OCH3 is 1. The fourth-order valence-electron chi connectivity index (χ4n) is 4.27. The number of carbonyl (C=O) groups excluding carboxylic acids is 1. The number of piperidine rings is 1. The first kappa shape index (κ1) is 22.6. The first-order chi connectivity index (χ1) is 16.4. The first-order valence-corrected chi connectivity index (χ1v) is 11.4. The van der Waals surface area contributed by atoms with E-state index in [9.17, 15) is 9.59 Å². The number of fused-ring (bicyclic) bond motifs is 1. The number of aromatic amines is 1. The number of amides is 1. The summed E-state index contributed by atoms with van der Waals surface area (Å²) >= 11 is 12.1. The summed E-state index contributed by atoms with van der Waals surface area (Å²) in [6, 6.07) is 8.49. The SMILES string of the molecule is COC(C(=O)N1CCC(n2c(=O)[nH]c3ncccc32)CC1)c1nnc(-c2cc(Cl)cc(Cl)c2)o1. The van der Waals surface area contributed by atoms with E-state index in [0.717, 1.165) is 5.52 Å². The maximum atomic E-state index is 13.2. The summed E-state index contributed by atoms with van der Waals surface area (Å²) in [7, 11) is 1.41. The number of rotatable bonds is 5. The van der Waals surface area contributed by atoms with E-state index in [1.54, 1.807) is 39.9 Å². The van der Waals surface area contributed by atoms with Gasteiger partial charge in [0.2, 0.25) is 12.0 Å². The smallest absolute Gasteiger partial charge is 0.327 e. The van der Waals surface area contributed by atoms with Crippen LogP contribution in [0.5, 0.6) is 0 Å². The number of pyridine rings is 1. The van der Waals surface area contributed by atoms with Crippen molar-refractivity contribution in [2.24, 2.45) is 0 Å². The second kappa shape index (κ2) is 9.21. The van der Waals surface area contributed by atoms with Gasteiger partial charge in [-0.05, 0) is 43.2 Å². The quantitative estimate of drug-likeness (QED) is 0.442. The number of aromatic nitrogens is 5. The highest BCUT2D eigenvalue weighted by Crippen LogP contribution is 2.30. The number of nitrogens with zero attached hydrogens (tertiary/aromatic N) is 5. The standard InChI is InChI=1S/C22H20Cl2N6O4/c1-33-17(20-28-27-19(34-20)12-9-13(23)11-14(24)10-12)21(31)29-7-4-15(5-8-29)30-16-3-2-6-25-18(16)26-22(30)32/h2-3,6,9-11,15,17H,4-5,7-8H2,1H3,(H,25,26,32). The molecule has 1 N–H and O–H groups in total.